The standard InChI is InChI=1S/C20H23NO5S/c1-5-15-9-11-16(12-10-15)19(22)14(2)26-20(23)17-7-6-8-18(13-17)27(24,25)21(3)4/h6-14H,5H2,1-4H3. The molecular weight excluding hydrogens is 366 g/mol. The third kappa shape index (κ3) is 4.81. The minimum absolute atomic E-state index is 0.0175. The van der Waals surface area contributed by atoms with E-state index in [4.69, 9.17) is 4.74 Å². The molecule has 0 amide bonds. The van der Waals surface area contributed by atoms with Crippen molar-refractivity contribution in [3.8, 4) is 0 Å². The number of Topliss-reactive ketones (excluding diaryl/α,β-unsaturated/α-hetero) is 1. The van der Waals surface area contributed by atoms with Crippen molar-refractivity contribution in [2.45, 2.75) is 31.3 Å². The van der Waals surface area contributed by atoms with Gasteiger partial charge in [0.2, 0.25) is 15.8 Å². The van der Waals surface area contributed by atoms with Crippen LogP contribution in [0.3, 0.4) is 0 Å². The summed E-state index contributed by atoms with van der Waals surface area (Å²) in [6.45, 7) is 3.51. The highest BCUT2D eigenvalue weighted by molar-refractivity contribution is 7.89. The van der Waals surface area contributed by atoms with Crippen molar-refractivity contribution in [2.24, 2.45) is 0 Å². The number of nitrogens with zero attached hydrogens (tertiary/aromatic N) is 1. The Morgan fingerprint density at radius 3 is 2.22 bits per heavy atom. The molecule has 0 aliphatic heterocycles. The van der Waals surface area contributed by atoms with Gasteiger partial charge in [0.05, 0.1) is 10.5 Å². The largest absolute Gasteiger partial charge is 0.451 e. The van der Waals surface area contributed by atoms with Crippen LogP contribution in [0.1, 0.15) is 40.1 Å². The van der Waals surface area contributed by atoms with Crippen LogP contribution in [0.15, 0.2) is 53.4 Å². The second-order valence-electron chi connectivity index (χ2n) is 6.28. The van der Waals surface area contributed by atoms with Gasteiger partial charge in [0.15, 0.2) is 6.10 Å². The van der Waals surface area contributed by atoms with E-state index in [9.17, 15) is 18.0 Å². The van der Waals surface area contributed by atoms with E-state index in [-0.39, 0.29) is 16.2 Å². The SMILES string of the molecule is CCc1ccc(C(=O)C(C)OC(=O)c2cccc(S(=O)(=O)N(C)C)c2)cc1. The monoisotopic (exact) mass is 389 g/mol. The molecule has 2 rings (SSSR count). The smallest absolute Gasteiger partial charge is 0.338 e. The molecule has 7 heteroatoms. The maximum atomic E-state index is 12.4. The molecule has 0 heterocycles. The summed E-state index contributed by atoms with van der Waals surface area (Å²) in [5, 5.41) is 0. The highest BCUT2D eigenvalue weighted by Gasteiger charge is 2.23. The highest BCUT2D eigenvalue weighted by atomic mass is 32.2. The molecule has 6 nitrogen and oxygen atoms in total. The van der Waals surface area contributed by atoms with Gasteiger partial charge in [0.25, 0.3) is 0 Å². The minimum Gasteiger partial charge on any atom is -0.451 e. The normalized spacial score (nSPS) is 12.6. The van der Waals surface area contributed by atoms with Crippen molar-refractivity contribution in [3.05, 3.63) is 65.2 Å². The summed E-state index contributed by atoms with van der Waals surface area (Å²) in [5.41, 5.74) is 1.63. The molecule has 2 aromatic rings. The van der Waals surface area contributed by atoms with Gasteiger partial charge in [-0.3, -0.25) is 4.79 Å². The lowest BCUT2D eigenvalue weighted by Gasteiger charge is -2.14. The summed E-state index contributed by atoms with van der Waals surface area (Å²) >= 11 is 0. The van der Waals surface area contributed by atoms with Crippen molar-refractivity contribution in [1.82, 2.24) is 4.31 Å². The van der Waals surface area contributed by atoms with Crippen molar-refractivity contribution in [2.75, 3.05) is 14.1 Å². The Morgan fingerprint density at radius 1 is 1.04 bits per heavy atom. The van der Waals surface area contributed by atoms with Gasteiger partial charge in [-0.05, 0) is 37.1 Å². The molecule has 0 saturated carbocycles. The topological polar surface area (TPSA) is 80.8 Å². The van der Waals surface area contributed by atoms with E-state index in [1.54, 1.807) is 12.1 Å². The average Bonchev–Trinajstić information content (AvgIpc) is 2.67. The van der Waals surface area contributed by atoms with Crippen LogP contribution in [0.2, 0.25) is 0 Å². The van der Waals surface area contributed by atoms with Gasteiger partial charge < -0.3 is 4.74 Å². The van der Waals surface area contributed by atoms with Crippen LogP contribution >= 0.6 is 0 Å². The molecule has 0 radical (unpaired) electrons. The zero-order valence-electron chi connectivity index (χ0n) is 15.8. The Balaban J connectivity index is 2.15. The van der Waals surface area contributed by atoms with Gasteiger partial charge >= 0.3 is 5.97 Å². The van der Waals surface area contributed by atoms with Gasteiger partial charge in [-0.2, -0.15) is 0 Å². The maximum absolute atomic E-state index is 12.4. The molecule has 0 aromatic heterocycles. The lowest BCUT2D eigenvalue weighted by molar-refractivity contribution is 0.0318. The molecule has 0 bridgehead atoms. The molecule has 0 saturated heterocycles. The predicted octanol–water partition coefficient (Wildman–Crippen LogP) is 2.93. The first-order valence-electron chi connectivity index (χ1n) is 8.53. The Labute approximate surface area is 159 Å². The number of sulfonamides is 1. The minimum atomic E-state index is -3.67. The summed E-state index contributed by atoms with van der Waals surface area (Å²) in [6.07, 6.45) is -0.121. The van der Waals surface area contributed by atoms with Crippen LogP contribution in [0.4, 0.5) is 0 Å². The highest BCUT2D eigenvalue weighted by Crippen LogP contribution is 2.17. The van der Waals surface area contributed by atoms with Crippen LogP contribution in [-0.2, 0) is 21.2 Å². The Kier molecular flexibility index (Phi) is 6.51. The average molecular weight is 389 g/mol. The van der Waals surface area contributed by atoms with E-state index < -0.39 is 22.1 Å². The molecule has 0 aliphatic rings. The number of rotatable bonds is 7. The number of carbonyl (C=O) groups excluding carboxylic acids is 2. The van der Waals surface area contributed by atoms with E-state index in [1.807, 2.05) is 19.1 Å². The van der Waals surface area contributed by atoms with Crippen LogP contribution in [-0.4, -0.2) is 44.7 Å². The second-order valence-corrected chi connectivity index (χ2v) is 8.43. The van der Waals surface area contributed by atoms with E-state index in [0.29, 0.717) is 5.56 Å². The van der Waals surface area contributed by atoms with E-state index in [1.165, 1.54) is 45.3 Å². The number of ether oxygens (including phenoxy) is 1. The van der Waals surface area contributed by atoms with Crippen molar-refractivity contribution in [3.63, 3.8) is 0 Å². The lowest BCUT2D eigenvalue weighted by Crippen LogP contribution is -2.25. The first kappa shape index (κ1) is 20.8. The number of ketones is 1. The van der Waals surface area contributed by atoms with Gasteiger partial charge in [-0.15, -0.1) is 0 Å². The van der Waals surface area contributed by atoms with Gasteiger partial charge in [0.1, 0.15) is 0 Å². The number of carbonyl (C=O) groups is 2. The summed E-state index contributed by atoms with van der Waals surface area (Å²) in [7, 11) is -0.853. The van der Waals surface area contributed by atoms with E-state index >= 15 is 0 Å². The number of esters is 1. The molecule has 0 fully saturated rings. The van der Waals surface area contributed by atoms with Crippen LogP contribution in [0.5, 0.6) is 0 Å². The number of hydrogen-bond acceptors (Lipinski definition) is 5. The number of benzene rings is 2. The molecule has 1 unspecified atom stereocenters. The zero-order valence-corrected chi connectivity index (χ0v) is 16.6. The Hall–Kier alpha value is -2.51. The Bertz CT molecular complexity index is 933. The quantitative estimate of drug-likeness (QED) is 0.537. The van der Waals surface area contributed by atoms with Gasteiger partial charge in [-0.25, -0.2) is 17.5 Å². The molecule has 27 heavy (non-hydrogen) atoms. The predicted molar refractivity (Wildman–Crippen MR) is 102 cm³/mol. The number of aryl methyl sites for hydroxylation is 1. The van der Waals surface area contributed by atoms with Crippen LogP contribution < -0.4 is 0 Å². The molecule has 0 N–H and O–H groups in total. The first-order chi connectivity index (χ1) is 12.7. The Morgan fingerprint density at radius 2 is 1.67 bits per heavy atom. The maximum Gasteiger partial charge on any atom is 0.338 e. The molecule has 0 spiro atoms. The van der Waals surface area contributed by atoms with Crippen molar-refractivity contribution in [1.29, 1.82) is 0 Å². The molecule has 144 valence electrons. The summed E-state index contributed by atoms with van der Waals surface area (Å²) in [6, 6.07) is 12.7. The lowest BCUT2D eigenvalue weighted by atomic mass is 10.0. The fourth-order valence-electron chi connectivity index (χ4n) is 2.42. The van der Waals surface area contributed by atoms with Gasteiger partial charge in [0, 0.05) is 19.7 Å². The number of hydrogen-bond donors (Lipinski definition) is 0. The van der Waals surface area contributed by atoms with Crippen molar-refractivity contribution < 1.29 is 22.7 Å². The fourth-order valence-corrected chi connectivity index (χ4v) is 3.36. The summed E-state index contributed by atoms with van der Waals surface area (Å²) < 4.78 is 30.7. The third-order valence-corrected chi connectivity index (χ3v) is 5.96. The fraction of sp³-hybridized carbons (Fsp3) is 0.300. The second kappa shape index (κ2) is 8.45. The summed E-state index contributed by atoms with van der Waals surface area (Å²) in [4.78, 5) is 24.8. The van der Waals surface area contributed by atoms with Crippen molar-refractivity contribution >= 4 is 21.8 Å². The third-order valence-electron chi connectivity index (χ3n) is 4.15. The molecule has 2 aromatic carbocycles. The summed E-state index contributed by atoms with van der Waals surface area (Å²) in [5.74, 6) is -1.07. The first-order valence-corrected chi connectivity index (χ1v) is 9.97. The van der Waals surface area contributed by atoms with Gasteiger partial charge in [-0.1, -0.05) is 37.3 Å². The molecule has 1 atom stereocenters. The molecular formula is C20H23NO5S. The van der Waals surface area contributed by atoms with E-state index in [0.717, 1.165) is 16.3 Å². The van der Waals surface area contributed by atoms with Crippen LogP contribution in [0.25, 0.3) is 0 Å². The van der Waals surface area contributed by atoms with E-state index in [2.05, 4.69) is 0 Å². The zero-order chi connectivity index (χ0) is 20.2. The van der Waals surface area contributed by atoms with Crippen LogP contribution in [0, 0.1) is 0 Å². The molecule has 0 aliphatic carbocycles.